The van der Waals surface area contributed by atoms with Crippen molar-refractivity contribution < 1.29 is 9.21 Å². The van der Waals surface area contributed by atoms with Gasteiger partial charge in [-0.1, -0.05) is 6.42 Å². The number of fused-ring (bicyclic) bond motifs is 3. The maximum absolute atomic E-state index is 12.5. The SMILES string of the molecule is Cc1ccc(C(=O)N2CC3CN4CCCCC4C3C2)o1. The number of aryl methyl sites for hydroxylation is 1. The minimum Gasteiger partial charge on any atom is -0.456 e. The molecule has 4 heteroatoms. The van der Waals surface area contributed by atoms with Crippen LogP contribution in [-0.2, 0) is 0 Å². The molecule has 0 bridgehead atoms. The highest BCUT2D eigenvalue weighted by Gasteiger charge is 2.48. The van der Waals surface area contributed by atoms with Crippen molar-refractivity contribution in [1.29, 1.82) is 0 Å². The molecule has 3 unspecified atom stereocenters. The number of piperidine rings is 1. The van der Waals surface area contributed by atoms with Gasteiger partial charge in [0.2, 0.25) is 0 Å². The van der Waals surface area contributed by atoms with Crippen LogP contribution in [0.5, 0.6) is 0 Å². The van der Waals surface area contributed by atoms with Gasteiger partial charge >= 0.3 is 0 Å². The van der Waals surface area contributed by atoms with Crippen LogP contribution in [0.4, 0.5) is 0 Å². The Morgan fingerprint density at radius 3 is 2.95 bits per heavy atom. The normalized spacial score (nSPS) is 33.2. The summed E-state index contributed by atoms with van der Waals surface area (Å²) < 4.78 is 5.48. The van der Waals surface area contributed by atoms with Crippen LogP contribution in [0.25, 0.3) is 0 Å². The molecular formula is C16H22N2O2. The van der Waals surface area contributed by atoms with Gasteiger partial charge in [0.15, 0.2) is 5.76 Å². The average molecular weight is 274 g/mol. The van der Waals surface area contributed by atoms with Crippen LogP contribution in [0.2, 0.25) is 0 Å². The second kappa shape index (κ2) is 4.62. The summed E-state index contributed by atoms with van der Waals surface area (Å²) in [4.78, 5) is 17.1. The van der Waals surface area contributed by atoms with E-state index in [1.165, 1.54) is 32.4 Å². The Morgan fingerprint density at radius 2 is 2.15 bits per heavy atom. The molecule has 3 aliphatic rings. The third kappa shape index (κ3) is 1.89. The number of furan rings is 1. The second-order valence-corrected chi connectivity index (χ2v) is 6.60. The number of hydrogen-bond acceptors (Lipinski definition) is 3. The van der Waals surface area contributed by atoms with Gasteiger partial charge in [-0.3, -0.25) is 9.69 Å². The van der Waals surface area contributed by atoms with Crippen molar-refractivity contribution in [2.24, 2.45) is 11.8 Å². The third-order valence-electron chi connectivity index (χ3n) is 5.36. The Labute approximate surface area is 119 Å². The van der Waals surface area contributed by atoms with Crippen LogP contribution in [0.15, 0.2) is 16.5 Å². The van der Waals surface area contributed by atoms with Crippen molar-refractivity contribution in [2.45, 2.75) is 32.2 Å². The summed E-state index contributed by atoms with van der Waals surface area (Å²) in [6.07, 6.45) is 4.03. The molecule has 1 aromatic heterocycles. The van der Waals surface area contributed by atoms with Crippen molar-refractivity contribution >= 4 is 5.91 Å². The number of hydrogen-bond donors (Lipinski definition) is 0. The molecule has 1 amide bonds. The van der Waals surface area contributed by atoms with Crippen molar-refractivity contribution in [3.05, 3.63) is 23.7 Å². The van der Waals surface area contributed by atoms with Gasteiger partial charge in [0.05, 0.1) is 0 Å². The summed E-state index contributed by atoms with van der Waals surface area (Å²) in [7, 11) is 0. The maximum atomic E-state index is 12.5. The molecule has 1 aromatic rings. The summed E-state index contributed by atoms with van der Waals surface area (Å²) in [5, 5.41) is 0. The molecule has 4 heterocycles. The minimum atomic E-state index is 0.0786. The fraction of sp³-hybridized carbons (Fsp3) is 0.688. The highest BCUT2D eigenvalue weighted by Crippen LogP contribution is 2.40. The first-order chi connectivity index (χ1) is 9.72. The lowest BCUT2D eigenvalue weighted by molar-refractivity contribution is 0.0721. The van der Waals surface area contributed by atoms with Crippen LogP contribution in [0.1, 0.15) is 35.6 Å². The molecule has 0 spiro atoms. The van der Waals surface area contributed by atoms with Gasteiger partial charge in [0, 0.05) is 25.7 Å². The number of carbonyl (C=O) groups excluding carboxylic acids is 1. The number of carbonyl (C=O) groups is 1. The first kappa shape index (κ1) is 12.5. The zero-order valence-corrected chi connectivity index (χ0v) is 12.0. The molecular weight excluding hydrogens is 252 g/mol. The van der Waals surface area contributed by atoms with Crippen molar-refractivity contribution in [3.8, 4) is 0 Å². The zero-order chi connectivity index (χ0) is 13.7. The number of rotatable bonds is 1. The van der Waals surface area contributed by atoms with Crippen LogP contribution in [0, 0.1) is 18.8 Å². The van der Waals surface area contributed by atoms with E-state index in [1.807, 2.05) is 17.9 Å². The largest absolute Gasteiger partial charge is 0.456 e. The fourth-order valence-corrected chi connectivity index (χ4v) is 4.43. The molecule has 3 atom stereocenters. The molecule has 0 N–H and O–H groups in total. The van der Waals surface area contributed by atoms with E-state index in [2.05, 4.69) is 4.90 Å². The lowest BCUT2D eigenvalue weighted by atomic mass is 9.90. The van der Waals surface area contributed by atoms with Crippen LogP contribution in [0.3, 0.4) is 0 Å². The lowest BCUT2D eigenvalue weighted by Crippen LogP contribution is -2.40. The topological polar surface area (TPSA) is 36.7 Å². The zero-order valence-electron chi connectivity index (χ0n) is 12.0. The third-order valence-corrected chi connectivity index (χ3v) is 5.36. The van der Waals surface area contributed by atoms with Gasteiger partial charge in [-0.25, -0.2) is 0 Å². The van der Waals surface area contributed by atoms with Gasteiger partial charge in [-0.15, -0.1) is 0 Å². The van der Waals surface area contributed by atoms with E-state index >= 15 is 0 Å². The number of nitrogens with zero attached hydrogens (tertiary/aromatic N) is 2. The molecule has 108 valence electrons. The predicted molar refractivity (Wildman–Crippen MR) is 75.5 cm³/mol. The summed E-state index contributed by atoms with van der Waals surface area (Å²) in [5.41, 5.74) is 0. The van der Waals surface area contributed by atoms with Crippen LogP contribution < -0.4 is 0 Å². The van der Waals surface area contributed by atoms with Gasteiger partial charge in [-0.05, 0) is 50.3 Å². The predicted octanol–water partition coefficient (Wildman–Crippen LogP) is 2.14. The molecule has 20 heavy (non-hydrogen) atoms. The van der Waals surface area contributed by atoms with Gasteiger partial charge in [0.1, 0.15) is 5.76 Å². The average Bonchev–Trinajstić information content (AvgIpc) is 3.11. The molecule has 0 radical (unpaired) electrons. The van der Waals surface area contributed by atoms with Crippen LogP contribution in [-0.4, -0.2) is 47.9 Å². The first-order valence-electron chi connectivity index (χ1n) is 7.82. The highest BCUT2D eigenvalue weighted by atomic mass is 16.3. The molecule has 3 aliphatic heterocycles. The standard InChI is InChI=1S/C16H22N2O2/c1-11-5-6-15(20-11)16(19)18-9-12-8-17-7-3-2-4-14(17)13(12)10-18/h5-6,12-14H,2-4,7-10H2,1H3. The Kier molecular flexibility index (Phi) is 2.88. The van der Waals surface area contributed by atoms with E-state index in [0.717, 1.165) is 24.9 Å². The summed E-state index contributed by atoms with van der Waals surface area (Å²) in [6, 6.07) is 4.40. The molecule has 4 rings (SSSR count). The second-order valence-electron chi connectivity index (χ2n) is 6.60. The maximum Gasteiger partial charge on any atom is 0.289 e. The Morgan fingerprint density at radius 1 is 1.25 bits per heavy atom. The van der Waals surface area contributed by atoms with E-state index in [4.69, 9.17) is 4.42 Å². The summed E-state index contributed by atoms with van der Waals surface area (Å²) in [5.74, 6) is 2.76. The summed E-state index contributed by atoms with van der Waals surface area (Å²) in [6.45, 7) is 6.18. The first-order valence-corrected chi connectivity index (χ1v) is 7.82. The van der Waals surface area contributed by atoms with E-state index in [-0.39, 0.29) is 5.91 Å². The van der Waals surface area contributed by atoms with Gasteiger partial charge in [-0.2, -0.15) is 0 Å². The molecule has 0 saturated carbocycles. The van der Waals surface area contributed by atoms with E-state index in [1.54, 1.807) is 6.07 Å². The Balaban J connectivity index is 1.48. The highest BCUT2D eigenvalue weighted by molar-refractivity contribution is 5.91. The quantitative estimate of drug-likeness (QED) is 0.787. The number of amides is 1. The fourth-order valence-electron chi connectivity index (χ4n) is 4.43. The minimum absolute atomic E-state index is 0.0786. The lowest BCUT2D eigenvalue weighted by Gasteiger charge is -2.33. The molecule has 0 aromatic carbocycles. The van der Waals surface area contributed by atoms with E-state index < -0.39 is 0 Å². The van der Waals surface area contributed by atoms with E-state index in [0.29, 0.717) is 17.6 Å². The summed E-state index contributed by atoms with van der Waals surface area (Å²) >= 11 is 0. The number of likely N-dealkylation sites (tertiary alicyclic amines) is 1. The Hall–Kier alpha value is -1.29. The molecule has 3 saturated heterocycles. The van der Waals surface area contributed by atoms with E-state index in [9.17, 15) is 4.79 Å². The van der Waals surface area contributed by atoms with Crippen molar-refractivity contribution in [2.75, 3.05) is 26.2 Å². The Bertz CT molecular complexity index is 524. The van der Waals surface area contributed by atoms with Gasteiger partial charge < -0.3 is 9.32 Å². The molecule has 3 fully saturated rings. The van der Waals surface area contributed by atoms with Gasteiger partial charge in [0.25, 0.3) is 5.91 Å². The molecule has 4 nitrogen and oxygen atoms in total. The van der Waals surface area contributed by atoms with Crippen LogP contribution >= 0.6 is 0 Å². The smallest absolute Gasteiger partial charge is 0.289 e. The van der Waals surface area contributed by atoms with Crippen molar-refractivity contribution in [1.82, 2.24) is 9.80 Å². The van der Waals surface area contributed by atoms with Crippen molar-refractivity contribution in [3.63, 3.8) is 0 Å². The molecule has 0 aliphatic carbocycles. The monoisotopic (exact) mass is 274 g/mol.